The molecule has 0 radical (unpaired) electrons. The molecule has 0 aliphatic heterocycles. The molecule has 0 saturated heterocycles. The largest absolute Gasteiger partial charge is 1.00 e. The number of aliphatic hydroxyl groups is 1. The molecule has 1 unspecified atom stereocenters. The topological polar surface area (TPSA) is 129 Å². The van der Waals surface area contributed by atoms with E-state index in [9.17, 15) is 8.42 Å². The number of aliphatic hydroxyl groups excluding tert-OH is 1. The number of rotatable bonds is 3. The number of hydrogen-bond donors (Lipinski definition) is 3. The van der Waals surface area contributed by atoms with Crippen LogP contribution in [0.1, 0.15) is 10.8 Å². The summed E-state index contributed by atoms with van der Waals surface area (Å²) in [7, 11) is -6.92. The van der Waals surface area contributed by atoms with Crippen LogP contribution in [0.2, 0.25) is 0 Å². The van der Waals surface area contributed by atoms with Crippen LogP contribution < -0.4 is 29.6 Å². The van der Waals surface area contributed by atoms with Gasteiger partial charge in [0.2, 0.25) is 0 Å². The molecule has 0 saturated carbocycles. The summed E-state index contributed by atoms with van der Waals surface area (Å²) in [6, 6.07) is 8.63. The average Bonchev–Trinajstić information content (AvgIpc) is 2.17. The molecule has 98 valence electrons. The second-order valence-corrected chi connectivity index (χ2v) is 4.78. The van der Waals surface area contributed by atoms with Gasteiger partial charge < -0.3 is 13.5 Å². The van der Waals surface area contributed by atoms with Crippen LogP contribution in [0.4, 0.5) is 0 Å². The molecule has 18 heavy (non-hydrogen) atoms. The first-order valence-electron chi connectivity index (χ1n) is 4.19. The van der Waals surface area contributed by atoms with E-state index in [1.807, 2.05) is 0 Å². The van der Waals surface area contributed by atoms with E-state index in [1.165, 1.54) is 0 Å². The molecule has 0 aliphatic rings. The van der Waals surface area contributed by atoms with Crippen molar-refractivity contribution in [3.63, 3.8) is 0 Å². The Morgan fingerprint density at radius 3 is 1.78 bits per heavy atom. The number of benzene rings is 1. The van der Waals surface area contributed by atoms with Gasteiger partial charge >= 0.3 is 40.0 Å². The van der Waals surface area contributed by atoms with Gasteiger partial charge in [0.25, 0.3) is 0 Å². The summed E-state index contributed by atoms with van der Waals surface area (Å²) in [5, 5.41) is 7.96. The third-order valence-corrected chi connectivity index (χ3v) is 2.46. The summed E-state index contributed by atoms with van der Waals surface area (Å²) in [5.74, 6) is 0. The predicted octanol–water partition coefficient (Wildman–Crippen LogP) is -2.62. The van der Waals surface area contributed by atoms with Gasteiger partial charge in [0.15, 0.2) is 0 Å². The molecule has 0 heterocycles. The Labute approximate surface area is 129 Å². The summed E-state index contributed by atoms with van der Waals surface area (Å²) < 4.78 is 52.7. The summed E-state index contributed by atoms with van der Waals surface area (Å²) >= 11 is 0. The average molecular weight is 306 g/mol. The van der Waals surface area contributed by atoms with E-state index in [0.29, 0.717) is 5.56 Å². The Morgan fingerprint density at radius 2 is 1.50 bits per heavy atom. The van der Waals surface area contributed by atoms with Gasteiger partial charge in [-0.1, -0.05) is 46.6 Å². The Kier molecular flexibility index (Phi) is 11.1. The van der Waals surface area contributed by atoms with Crippen LogP contribution in [0, 0.1) is 0 Å². The van der Waals surface area contributed by atoms with Crippen LogP contribution in [0.5, 0.6) is 0 Å². The zero-order chi connectivity index (χ0) is 13.5. The molecule has 0 aromatic heterocycles. The fraction of sp³-hybridized carbons (Fsp3) is 0.250. The predicted molar refractivity (Wildman–Crippen MR) is 59.2 cm³/mol. The van der Waals surface area contributed by atoms with Gasteiger partial charge in [0, 0.05) is 6.61 Å². The Bertz CT molecular complexity index is 481. The maximum Gasteiger partial charge on any atom is 1.00 e. The zero-order valence-corrected chi connectivity index (χ0v) is 13.1. The van der Waals surface area contributed by atoms with Crippen LogP contribution in [-0.4, -0.2) is 29.2 Å². The summed E-state index contributed by atoms with van der Waals surface area (Å²) in [6.45, 7) is -0.375. The monoisotopic (exact) mass is 306 g/mol. The van der Waals surface area contributed by atoms with Crippen molar-refractivity contribution in [2.45, 2.75) is 5.25 Å². The molecular formula is C8H11NaO7S2. The Balaban J connectivity index is 0. The quantitative estimate of drug-likeness (QED) is 0.317. The van der Waals surface area contributed by atoms with Gasteiger partial charge in [-0.25, -0.2) is 0 Å². The minimum atomic E-state index is -4.67. The minimum Gasteiger partial charge on any atom is -0.424 e. The van der Waals surface area contributed by atoms with Crippen LogP contribution in [-0.2, 0) is 29.5 Å². The standard InChI is InChI=1S/C8H9O3S.Na.H2O4S/c9-6-8(12(10)11)7-4-2-1-3-5-7;;1-5(2,3)4/h1-5,8-9H,6H2;;(H2,1,2,3,4)/q-1;+1;. The molecule has 7 nitrogen and oxygen atoms in total. The van der Waals surface area contributed by atoms with Crippen molar-refractivity contribution in [2.75, 3.05) is 6.61 Å². The summed E-state index contributed by atoms with van der Waals surface area (Å²) in [5.41, 5.74) is 0.619. The normalized spacial score (nSPS) is 12.0. The van der Waals surface area contributed by atoms with Gasteiger partial charge in [-0.3, -0.25) is 9.11 Å². The first-order valence-corrected chi connectivity index (χ1v) is 6.73. The van der Waals surface area contributed by atoms with Crippen molar-refractivity contribution in [2.24, 2.45) is 0 Å². The maximum absolute atomic E-state index is 10.6. The molecular weight excluding hydrogens is 295 g/mol. The smallest absolute Gasteiger partial charge is 0.424 e. The molecule has 0 spiro atoms. The fourth-order valence-corrected chi connectivity index (χ4v) is 1.45. The molecule has 1 atom stereocenters. The van der Waals surface area contributed by atoms with Crippen LogP contribution in [0.25, 0.3) is 0 Å². The van der Waals surface area contributed by atoms with Crippen molar-refractivity contribution in [3.05, 3.63) is 35.9 Å². The van der Waals surface area contributed by atoms with Gasteiger partial charge in [-0.05, 0) is 5.25 Å². The molecule has 1 rings (SSSR count). The third kappa shape index (κ3) is 11.1. The first-order chi connectivity index (χ1) is 7.75. The van der Waals surface area contributed by atoms with Crippen molar-refractivity contribution in [1.29, 1.82) is 0 Å². The van der Waals surface area contributed by atoms with Crippen LogP contribution in [0.15, 0.2) is 30.3 Å². The Hall–Kier alpha value is 0. The molecule has 3 N–H and O–H groups in total. The van der Waals surface area contributed by atoms with Crippen molar-refractivity contribution >= 4 is 21.1 Å². The van der Waals surface area contributed by atoms with Crippen LogP contribution >= 0.6 is 0 Å². The maximum atomic E-state index is 10.6. The molecule has 1 aromatic rings. The van der Waals surface area contributed by atoms with Crippen molar-refractivity contribution in [3.8, 4) is 0 Å². The molecule has 0 fully saturated rings. The van der Waals surface area contributed by atoms with Gasteiger partial charge in [-0.2, -0.15) is 8.42 Å². The van der Waals surface area contributed by atoms with E-state index in [0.717, 1.165) is 0 Å². The van der Waals surface area contributed by atoms with E-state index in [4.69, 9.17) is 22.6 Å². The molecule has 1 aromatic carbocycles. The second kappa shape index (κ2) is 9.87. The Morgan fingerprint density at radius 1 is 1.11 bits per heavy atom. The van der Waals surface area contributed by atoms with Gasteiger partial charge in [0.1, 0.15) is 0 Å². The fourth-order valence-electron chi connectivity index (χ4n) is 0.945. The molecule has 0 aliphatic carbocycles. The second-order valence-electron chi connectivity index (χ2n) is 2.79. The SMILES string of the molecule is O=S(=O)(O)O.O=[S-](=O)C(CO)c1ccccc1.[Na+]. The van der Waals surface area contributed by atoms with Crippen molar-refractivity contribution in [1.82, 2.24) is 0 Å². The molecule has 0 bridgehead atoms. The van der Waals surface area contributed by atoms with E-state index in [1.54, 1.807) is 30.3 Å². The van der Waals surface area contributed by atoms with Crippen LogP contribution in [0.3, 0.4) is 0 Å². The van der Waals surface area contributed by atoms with Gasteiger partial charge in [-0.15, -0.1) is 0 Å². The summed E-state index contributed by atoms with van der Waals surface area (Å²) in [4.78, 5) is 0. The minimum absolute atomic E-state index is 0. The van der Waals surface area contributed by atoms with E-state index >= 15 is 0 Å². The summed E-state index contributed by atoms with van der Waals surface area (Å²) in [6.07, 6.45) is 0. The van der Waals surface area contributed by atoms with Crippen molar-refractivity contribution < 1.29 is 60.6 Å². The molecule has 0 amide bonds. The zero-order valence-electron chi connectivity index (χ0n) is 9.46. The third-order valence-electron chi connectivity index (χ3n) is 1.57. The van der Waals surface area contributed by atoms with E-state index in [2.05, 4.69) is 0 Å². The number of hydrogen-bond acceptors (Lipinski definition) is 6. The van der Waals surface area contributed by atoms with E-state index < -0.39 is 26.4 Å². The van der Waals surface area contributed by atoms with E-state index in [-0.39, 0.29) is 36.2 Å². The van der Waals surface area contributed by atoms with Gasteiger partial charge in [0.05, 0.1) is 0 Å². The first kappa shape index (κ1) is 20.3. The molecule has 10 heteroatoms.